The molecule has 0 aromatic heterocycles. The molecule has 1 aliphatic carbocycles. The largest absolute Gasteiger partial charge is 0.365 e. The Kier molecular flexibility index (Phi) is 2.45. The van der Waals surface area contributed by atoms with Crippen LogP contribution in [0.4, 0.5) is 0 Å². The topological polar surface area (TPSA) is 29.5 Å². The fourth-order valence-corrected chi connectivity index (χ4v) is 5.08. The highest BCUT2D eigenvalue weighted by Crippen LogP contribution is 2.63. The quantitative estimate of drug-likeness (QED) is 0.760. The monoisotopic (exact) mass is 238 g/mol. The lowest BCUT2D eigenvalue weighted by Crippen LogP contribution is -2.51. The van der Waals surface area contributed by atoms with Gasteiger partial charge in [-0.2, -0.15) is 0 Å². The van der Waals surface area contributed by atoms with Crippen molar-refractivity contribution in [3.63, 3.8) is 0 Å². The second kappa shape index (κ2) is 3.48. The van der Waals surface area contributed by atoms with Gasteiger partial charge in [0.25, 0.3) is 0 Å². The number of hydrogen-bond acceptors (Lipinski definition) is 2. The first kappa shape index (κ1) is 12.0. The van der Waals surface area contributed by atoms with Crippen LogP contribution in [-0.4, -0.2) is 16.5 Å². The molecule has 2 aliphatic heterocycles. The Bertz CT molecular complexity index is 327. The van der Waals surface area contributed by atoms with Crippen molar-refractivity contribution >= 4 is 0 Å². The molecular weight excluding hydrogens is 212 g/mol. The lowest BCUT2D eigenvalue weighted by Gasteiger charge is -2.46. The minimum absolute atomic E-state index is 0.00134. The molecule has 2 nitrogen and oxygen atoms in total. The first-order valence-electron chi connectivity index (χ1n) is 7.31. The Balaban J connectivity index is 2.01. The van der Waals surface area contributed by atoms with Gasteiger partial charge in [0.1, 0.15) is 0 Å². The van der Waals surface area contributed by atoms with E-state index in [1.807, 2.05) is 0 Å². The van der Waals surface area contributed by atoms with Crippen molar-refractivity contribution in [3.05, 3.63) is 0 Å². The fourth-order valence-electron chi connectivity index (χ4n) is 5.08. The van der Waals surface area contributed by atoms with Gasteiger partial charge in [-0.25, -0.2) is 0 Å². The van der Waals surface area contributed by atoms with E-state index in [1.54, 1.807) is 0 Å². The van der Waals surface area contributed by atoms with Crippen LogP contribution in [0.1, 0.15) is 53.4 Å². The van der Waals surface area contributed by atoms with Crippen LogP contribution in [0.25, 0.3) is 0 Å². The Morgan fingerprint density at radius 1 is 1.18 bits per heavy atom. The van der Waals surface area contributed by atoms with Gasteiger partial charge in [0.05, 0.1) is 5.60 Å². The summed E-state index contributed by atoms with van der Waals surface area (Å²) in [5.74, 6) is 1.92. The van der Waals surface area contributed by atoms with Gasteiger partial charge in [-0.05, 0) is 42.9 Å². The van der Waals surface area contributed by atoms with Crippen molar-refractivity contribution in [2.45, 2.75) is 64.8 Å². The van der Waals surface area contributed by atoms with E-state index in [4.69, 9.17) is 4.74 Å². The number of hydrogen-bond donors (Lipinski definition) is 1. The minimum Gasteiger partial charge on any atom is -0.365 e. The fraction of sp³-hybridized carbons (Fsp3) is 1.00. The second-order valence-corrected chi connectivity index (χ2v) is 7.22. The summed E-state index contributed by atoms with van der Waals surface area (Å²) < 4.78 is 6.31. The third-order valence-electron chi connectivity index (χ3n) is 5.96. The van der Waals surface area contributed by atoms with E-state index in [-0.39, 0.29) is 5.60 Å². The van der Waals surface area contributed by atoms with Crippen LogP contribution in [0.2, 0.25) is 0 Å². The molecule has 1 saturated carbocycles. The molecule has 0 amide bonds. The van der Waals surface area contributed by atoms with E-state index >= 15 is 0 Å². The normalized spacial score (nSPS) is 57.5. The molecule has 2 bridgehead atoms. The zero-order valence-corrected chi connectivity index (χ0v) is 11.6. The van der Waals surface area contributed by atoms with Gasteiger partial charge in [-0.3, -0.25) is 0 Å². The molecular formula is C15H26O2. The van der Waals surface area contributed by atoms with Gasteiger partial charge in [0.2, 0.25) is 0 Å². The standard InChI is InChI=1S/C15H26O2/c1-9(2)13-8-14-11(4)5-6-12(14)10(3)7-15(13,16)17-14/h9-13,16H,5-8H2,1-4H3/t10-,11-,12-,13+,14-,15+/m0/s1. The average Bonchev–Trinajstić information content (AvgIpc) is 2.65. The maximum atomic E-state index is 10.9. The maximum Gasteiger partial charge on any atom is 0.169 e. The lowest BCUT2D eigenvalue weighted by molar-refractivity contribution is -0.294. The highest BCUT2D eigenvalue weighted by molar-refractivity contribution is 5.12. The molecule has 98 valence electrons. The van der Waals surface area contributed by atoms with Crippen molar-refractivity contribution < 1.29 is 9.84 Å². The van der Waals surface area contributed by atoms with E-state index in [0.717, 1.165) is 12.8 Å². The third kappa shape index (κ3) is 1.40. The van der Waals surface area contributed by atoms with E-state index in [0.29, 0.717) is 29.6 Å². The van der Waals surface area contributed by atoms with E-state index in [1.165, 1.54) is 12.8 Å². The van der Waals surface area contributed by atoms with E-state index in [9.17, 15) is 5.11 Å². The Hall–Kier alpha value is -0.0800. The summed E-state index contributed by atoms with van der Waals surface area (Å²) in [6.45, 7) is 9.08. The van der Waals surface area contributed by atoms with Gasteiger partial charge in [-0.1, -0.05) is 27.7 Å². The molecule has 0 aromatic carbocycles. The average molecular weight is 238 g/mol. The van der Waals surface area contributed by atoms with Crippen molar-refractivity contribution in [2.24, 2.45) is 29.6 Å². The van der Waals surface area contributed by atoms with Crippen molar-refractivity contribution in [2.75, 3.05) is 0 Å². The summed E-state index contributed by atoms with van der Waals surface area (Å²) >= 11 is 0. The van der Waals surface area contributed by atoms with Gasteiger partial charge in [0.15, 0.2) is 5.79 Å². The Morgan fingerprint density at radius 2 is 1.88 bits per heavy atom. The molecule has 1 N–H and O–H groups in total. The number of ether oxygens (including phenoxy) is 1. The molecule has 2 saturated heterocycles. The minimum atomic E-state index is -0.831. The van der Waals surface area contributed by atoms with Gasteiger partial charge in [-0.15, -0.1) is 0 Å². The van der Waals surface area contributed by atoms with Crippen LogP contribution in [0.5, 0.6) is 0 Å². The third-order valence-corrected chi connectivity index (χ3v) is 5.96. The predicted molar refractivity (Wildman–Crippen MR) is 67.4 cm³/mol. The summed E-state index contributed by atoms with van der Waals surface area (Å²) in [6, 6.07) is 0. The molecule has 0 unspecified atom stereocenters. The molecule has 2 heteroatoms. The zero-order chi connectivity index (χ0) is 12.4. The second-order valence-electron chi connectivity index (χ2n) is 7.22. The van der Waals surface area contributed by atoms with Crippen molar-refractivity contribution in [3.8, 4) is 0 Å². The molecule has 3 rings (SSSR count). The molecule has 3 fully saturated rings. The van der Waals surface area contributed by atoms with E-state index in [2.05, 4.69) is 27.7 Å². The smallest absolute Gasteiger partial charge is 0.169 e. The molecule has 17 heavy (non-hydrogen) atoms. The molecule has 0 aromatic rings. The summed E-state index contributed by atoms with van der Waals surface area (Å²) in [4.78, 5) is 0. The molecule has 3 aliphatic rings. The van der Waals surface area contributed by atoms with Crippen LogP contribution in [0.3, 0.4) is 0 Å². The summed E-state index contributed by atoms with van der Waals surface area (Å²) in [5.41, 5.74) is 0.00134. The predicted octanol–water partition coefficient (Wildman–Crippen LogP) is 3.19. The van der Waals surface area contributed by atoms with Crippen LogP contribution < -0.4 is 0 Å². The highest BCUT2D eigenvalue weighted by atomic mass is 16.6. The first-order valence-corrected chi connectivity index (χ1v) is 7.31. The zero-order valence-electron chi connectivity index (χ0n) is 11.6. The first-order chi connectivity index (χ1) is 7.89. The molecule has 2 heterocycles. The number of fused-ring (bicyclic) bond motifs is 1. The van der Waals surface area contributed by atoms with Crippen LogP contribution in [0.15, 0.2) is 0 Å². The Morgan fingerprint density at radius 3 is 2.53 bits per heavy atom. The molecule has 0 radical (unpaired) electrons. The van der Waals surface area contributed by atoms with Gasteiger partial charge < -0.3 is 9.84 Å². The number of rotatable bonds is 1. The van der Waals surface area contributed by atoms with Crippen molar-refractivity contribution in [1.29, 1.82) is 0 Å². The van der Waals surface area contributed by atoms with Crippen LogP contribution in [0, 0.1) is 29.6 Å². The number of aliphatic hydroxyl groups is 1. The van der Waals surface area contributed by atoms with Crippen LogP contribution >= 0.6 is 0 Å². The highest BCUT2D eigenvalue weighted by Gasteiger charge is 2.67. The molecule has 6 atom stereocenters. The van der Waals surface area contributed by atoms with Crippen LogP contribution in [-0.2, 0) is 4.74 Å². The van der Waals surface area contributed by atoms with E-state index < -0.39 is 5.79 Å². The molecule has 1 spiro atoms. The van der Waals surface area contributed by atoms with Crippen molar-refractivity contribution in [1.82, 2.24) is 0 Å². The Labute approximate surface area is 105 Å². The SMILES string of the molecule is CC(C)[C@H]1C[C@@]23O[C@]1(O)C[C@H](C)[C@@H]2CC[C@@H]3C. The lowest BCUT2D eigenvalue weighted by atomic mass is 9.75. The summed E-state index contributed by atoms with van der Waals surface area (Å²) in [6.07, 6.45) is 4.49. The van der Waals surface area contributed by atoms with Gasteiger partial charge in [0, 0.05) is 12.3 Å². The maximum absolute atomic E-state index is 10.9. The van der Waals surface area contributed by atoms with Gasteiger partial charge >= 0.3 is 0 Å². The summed E-state index contributed by atoms with van der Waals surface area (Å²) in [5, 5.41) is 10.9. The summed E-state index contributed by atoms with van der Waals surface area (Å²) in [7, 11) is 0.